The molecule has 0 atom stereocenters. The zero-order valence-corrected chi connectivity index (χ0v) is 20.7. The predicted octanol–water partition coefficient (Wildman–Crippen LogP) is 7.68. The standard InChI is InChI=1S/C31H32N2O/c1-20(2)13-26-16-24-15-25(19-32-30(24)34-26)21-11-12-33(6)29(18-21)23-14-22-9-7-8-10-27(22)28(17-23)31(3,4)5/h7-12,14-20H,6,13H2,1-5H3. The van der Waals surface area contributed by atoms with Crippen molar-refractivity contribution in [1.82, 2.24) is 4.98 Å². The smallest absolute Gasteiger partial charge is 0.272 e. The number of benzene rings is 2. The average Bonchev–Trinajstić information content (AvgIpc) is 3.18. The first-order valence-corrected chi connectivity index (χ1v) is 12.0. The van der Waals surface area contributed by atoms with Crippen LogP contribution in [0, 0.1) is 12.0 Å². The molecule has 0 bridgehead atoms. The highest BCUT2D eigenvalue weighted by Crippen LogP contribution is 2.36. The summed E-state index contributed by atoms with van der Waals surface area (Å²) in [6, 6.07) is 18.6. The van der Waals surface area contributed by atoms with Crippen molar-refractivity contribution < 1.29 is 8.99 Å². The van der Waals surface area contributed by atoms with Crippen molar-refractivity contribution in [3.05, 3.63) is 102 Å². The lowest BCUT2D eigenvalue weighted by atomic mass is 9.81. The zero-order valence-electron chi connectivity index (χ0n) is 20.7. The molecular weight excluding hydrogens is 416 g/mol. The van der Waals surface area contributed by atoms with E-state index in [2.05, 4.69) is 107 Å². The number of pyridine rings is 1. The van der Waals surface area contributed by atoms with Crippen molar-refractivity contribution in [2.24, 2.45) is 5.92 Å². The summed E-state index contributed by atoms with van der Waals surface area (Å²) < 4.78 is 7.89. The van der Waals surface area contributed by atoms with E-state index in [0.717, 1.165) is 40.3 Å². The molecule has 3 nitrogen and oxygen atoms in total. The van der Waals surface area contributed by atoms with Crippen molar-refractivity contribution >= 4 is 34.2 Å². The Labute approximate surface area is 202 Å². The van der Waals surface area contributed by atoms with Gasteiger partial charge in [0.2, 0.25) is 5.76 Å². The van der Waals surface area contributed by atoms with Gasteiger partial charge in [-0.3, -0.25) is 8.99 Å². The number of hydrogen-bond donors (Lipinski definition) is 0. The van der Waals surface area contributed by atoms with Gasteiger partial charge in [-0.15, -0.1) is 6.07 Å². The van der Waals surface area contributed by atoms with Gasteiger partial charge in [0.1, 0.15) is 12.2 Å². The maximum Gasteiger partial charge on any atom is 0.376 e. The summed E-state index contributed by atoms with van der Waals surface area (Å²) in [5.41, 5.74) is 5.42. The summed E-state index contributed by atoms with van der Waals surface area (Å²) in [6.07, 6.45) is 9.15. The Morgan fingerprint density at radius 1 is 1.09 bits per heavy atom. The number of hydrogen-bond acceptors (Lipinski definition) is 1. The summed E-state index contributed by atoms with van der Waals surface area (Å²) in [6.45, 7) is 15.5. The van der Waals surface area contributed by atoms with Crippen LogP contribution >= 0.6 is 0 Å². The van der Waals surface area contributed by atoms with Crippen molar-refractivity contribution in [2.45, 2.75) is 46.5 Å². The minimum Gasteiger partial charge on any atom is -0.272 e. The van der Waals surface area contributed by atoms with E-state index < -0.39 is 0 Å². The molecule has 0 spiro atoms. The average molecular weight is 449 g/mol. The Morgan fingerprint density at radius 2 is 1.88 bits per heavy atom. The fraction of sp³-hybridized carbons (Fsp3) is 0.258. The van der Waals surface area contributed by atoms with Gasteiger partial charge in [-0.1, -0.05) is 87.7 Å². The van der Waals surface area contributed by atoms with Crippen LogP contribution < -0.4 is 0 Å². The highest BCUT2D eigenvalue weighted by atomic mass is 16.3. The van der Waals surface area contributed by atoms with E-state index in [9.17, 15) is 0 Å². The van der Waals surface area contributed by atoms with E-state index in [0.29, 0.717) is 11.6 Å². The molecule has 0 unspecified atom stereocenters. The Balaban J connectivity index is 1.57. The van der Waals surface area contributed by atoms with Gasteiger partial charge in [0.05, 0.1) is 6.72 Å². The number of aromatic nitrogens is 1. The largest absolute Gasteiger partial charge is 0.376 e. The molecule has 1 aliphatic rings. The van der Waals surface area contributed by atoms with Gasteiger partial charge < -0.3 is 0 Å². The Kier molecular flexibility index (Phi) is 5.44. The third kappa shape index (κ3) is 4.19. The van der Waals surface area contributed by atoms with Crippen LogP contribution in [0.1, 0.15) is 57.1 Å². The summed E-state index contributed by atoms with van der Waals surface area (Å²) in [5, 5.41) is 3.59. The molecule has 3 heteroatoms. The molecule has 34 heavy (non-hydrogen) atoms. The first kappa shape index (κ1) is 22.2. The number of allylic oxidation sites excluding steroid dienone is 2. The van der Waals surface area contributed by atoms with Crippen LogP contribution in [-0.2, 0) is 11.8 Å². The molecule has 3 heterocycles. The molecule has 5 rings (SSSR count). The SMILES string of the molecule is C=[N+]1C=CC(c2cn[c-]3[o+]c(CC(C)C)cc3c2)=C[C-]1c1cc(C(C)(C)C)c2ccccc2c1. The molecule has 172 valence electrons. The van der Waals surface area contributed by atoms with Gasteiger partial charge in [-0.05, 0) is 52.1 Å². The first-order valence-electron chi connectivity index (χ1n) is 12.0. The van der Waals surface area contributed by atoms with Gasteiger partial charge >= 0.3 is 5.71 Å². The normalized spacial score (nSPS) is 14.5. The number of nitrogens with zero attached hydrogens (tertiary/aromatic N) is 2. The first-order chi connectivity index (χ1) is 16.2. The van der Waals surface area contributed by atoms with E-state index >= 15 is 0 Å². The van der Waals surface area contributed by atoms with Crippen LogP contribution in [-0.4, -0.2) is 16.3 Å². The maximum atomic E-state index is 5.94. The molecule has 0 aliphatic carbocycles. The third-order valence-corrected chi connectivity index (χ3v) is 6.37. The lowest BCUT2D eigenvalue weighted by Gasteiger charge is -2.27. The van der Waals surface area contributed by atoms with Crippen LogP contribution in [0.15, 0.2) is 77.5 Å². The second kappa shape index (κ2) is 8.32. The molecule has 0 fully saturated rings. The zero-order chi connectivity index (χ0) is 24.0. The molecule has 0 saturated heterocycles. The Bertz CT molecular complexity index is 1460. The van der Waals surface area contributed by atoms with Gasteiger partial charge in [0, 0.05) is 11.8 Å². The monoisotopic (exact) mass is 448 g/mol. The quantitative estimate of drug-likeness (QED) is 0.182. The van der Waals surface area contributed by atoms with E-state index in [1.807, 2.05) is 17.0 Å². The second-order valence-electron chi connectivity index (χ2n) is 10.7. The van der Waals surface area contributed by atoms with Crippen molar-refractivity contribution in [3.63, 3.8) is 0 Å². The number of furan rings is 1. The van der Waals surface area contributed by atoms with Crippen LogP contribution in [0.5, 0.6) is 0 Å². The molecule has 0 amide bonds. The van der Waals surface area contributed by atoms with Gasteiger partial charge in [-0.2, -0.15) is 0 Å². The minimum atomic E-state index is 0.0309. The van der Waals surface area contributed by atoms with Gasteiger partial charge in [-0.25, -0.2) is 4.98 Å². The fourth-order valence-corrected chi connectivity index (χ4v) is 4.68. The van der Waals surface area contributed by atoms with Crippen LogP contribution in [0.4, 0.5) is 0 Å². The lowest BCUT2D eigenvalue weighted by molar-refractivity contribution is -0.417. The lowest BCUT2D eigenvalue weighted by Crippen LogP contribution is -2.17. The fourth-order valence-electron chi connectivity index (χ4n) is 4.68. The highest BCUT2D eigenvalue weighted by molar-refractivity contribution is 5.89. The molecule has 4 aromatic rings. The molecule has 0 saturated carbocycles. The summed E-state index contributed by atoms with van der Waals surface area (Å²) in [4.78, 5) is 4.61. The molecular formula is C31H32N2O. The maximum absolute atomic E-state index is 5.94. The van der Waals surface area contributed by atoms with Crippen molar-refractivity contribution in [1.29, 1.82) is 0 Å². The number of rotatable bonds is 4. The van der Waals surface area contributed by atoms with Gasteiger partial charge in [0.15, 0.2) is 0 Å². The third-order valence-electron chi connectivity index (χ3n) is 6.37. The van der Waals surface area contributed by atoms with Crippen LogP contribution in [0.2, 0.25) is 0 Å². The summed E-state index contributed by atoms with van der Waals surface area (Å²) in [7, 11) is 0. The molecule has 0 radical (unpaired) electrons. The topological polar surface area (TPSA) is 27.2 Å². The molecule has 2 aromatic carbocycles. The molecule has 0 N–H and O–H groups in total. The Hall–Kier alpha value is -3.59. The van der Waals surface area contributed by atoms with Crippen molar-refractivity contribution in [3.8, 4) is 0 Å². The summed E-state index contributed by atoms with van der Waals surface area (Å²) in [5.74, 6) is 1.54. The Morgan fingerprint density at radius 3 is 2.65 bits per heavy atom. The second-order valence-corrected chi connectivity index (χ2v) is 10.7. The minimum absolute atomic E-state index is 0.0309. The van der Waals surface area contributed by atoms with E-state index in [1.54, 1.807) is 0 Å². The van der Waals surface area contributed by atoms with E-state index in [4.69, 9.17) is 4.42 Å². The van der Waals surface area contributed by atoms with Crippen LogP contribution in [0.25, 0.3) is 27.4 Å². The van der Waals surface area contributed by atoms with Gasteiger partial charge in [0.25, 0.3) is 0 Å². The molecule has 1 aliphatic heterocycles. The van der Waals surface area contributed by atoms with Crippen molar-refractivity contribution in [2.75, 3.05) is 0 Å². The summed E-state index contributed by atoms with van der Waals surface area (Å²) >= 11 is 0. The highest BCUT2D eigenvalue weighted by Gasteiger charge is 2.22. The van der Waals surface area contributed by atoms with E-state index in [1.165, 1.54) is 16.3 Å². The predicted molar refractivity (Wildman–Crippen MR) is 142 cm³/mol. The number of fused-ring (bicyclic) bond motifs is 2. The molecule has 2 aromatic heterocycles. The van der Waals surface area contributed by atoms with E-state index in [-0.39, 0.29) is 5.41 Å². The van der Waals surface area contributed by atoms with Crippen LogP contribution in [0.3, 0.4) is 0 Å².